The van der Waals surface area contributed by atoms with Crippen LogP contribution in [-0.4, -0.2) is 66.7 Å². The van der Waals surface area contributed by atoms with Crippen LogP contribution in [0.2, 0.25) is 0 Å². The molecular formula is C36H46N4O4. The van der Waals surface area contributed by atoms with E-state index in [-0.39, 0.29) is 54.5 Å². The van der Waals surface area contributed by atoms with Crippen molar-refractivity contribution in [3.05, 3.63) is 83.9 Å². The van der Waals surface area contributed by atoms with Gasteiger partial charge in [0.15, 0.2) is 5.78 Å². The second-order valence-electron chi connectivity index (χ2n) is 12.9. The summed E-state index contributed by atoms with van der Waals surface area (Å²) in [5.74, 6) is -0.318. The first kappa shape index (κ1) is 32.9. The molecule has 44 heavy (non-hydrogen) atoms. The first-order valence-electron chi connectivity index (χ1n) is 15.7. The average molecular weight is 599 g/mol. The van der Waals surface area contributed by atoms with Gasteiger partial charge in [0.2, 0.25) is 11.8 Å². The van der Waals surface area contributed by atoms with E-state index in [4.69, 9.17) is 0 Å². The second-order valence-corrected chi connectivity index (χ2v) is 12.9. The lowest BCUT2D eigenvalue weighted by Gasteiger charge is -2.26. The first-order valence-corrected chi connectivity index (χ1v) is 15.7. The third-order valence-corrected chi connectivity index (χ3v) is 7.98. The Balaban J connectivity index is 1.31. The van der Waals surface area contributed by atoms with E-state index in [1.807, 2.05) is 80.6 Å². The summed E-state index contributed by atoms with van der Waals surface area (Å²) in [6.07, 6.45) is 1.60. The molecule has 1 saturated heterocycles. The summed E-state index contributed by atoms with van der Waals surface area (Å²) < 4.78 is 0. The Morgan fingerprint density at radius 2 is 1.52 bits per heavy atom. The molecule has 0 aromatic heterocycles. The molecule has 1 aliphatic rings. The van der Waals surface area contributed by atoms with Gasteiger partial charge >= 0.3 is 0 Å². The quantitative estimate of drug-likeness (QED) is 0.255. The summed E-state index contributed by atoms with van der Waals surface area (Å²) in [6.45, 7) is 9.85. The summed E-state index contributed by atoms with van der Waals surface area (Å²) in [5, 5.41) is 11.0. The molecule has 8 heteroatoms. The van der Waals surface area contributed by atoms with Gasteiger partial charge < -0.3 is 16.0 Å². The minimum absolute atomic E-state index is 0.0295. The number of carbonyl (C=O) groups is 4. The molecule has 3 N–H and O–H groups in total. The summed E-state index contributed by atoms with van der Waals surface area (Å²) >= 11 is 0. The zero-order valence-corrected chi connectivity index (χ0v) is 26.3. The fraction of sp³-hybridized carbons (Fsp3) is 0.444. The van der Waals surface area contributed by atoms with Gasteiger partial charge in [-0.25, -0.2) is 0 Å². The van der Waals surface area contributed by atoms with Crippen molar-refractivity contribution in [3.8, 4) is 0 Å². The highest BCUT2D eigenvalue weighted by atomic mass is 16.2. The number of likely N-dealkylation sites (tertiary alicyclic amines) is 1. The van der Waals surface area contributed by atoms with Crippen molar-refractivity contribution in [1.29, 1.82) is 0 Å². The molecule has 4 rings (SSSR count). The van der Waals surface area contributed by atoms with E-state index in [2.05, 4.69) is 34.7 Å². The van der Waals surface area contributed by atoms with Gasteiger partial charge in [0, 0.05) is 37.2 Å². The maximum Gasteiger partial charge on any atom is 0.251 e. The Labute approximate surface area is 261 Å². The SMILES string of the molecule is CC(C)C[C@@H](CN1CC(=O)C(CNC(=O)[C@H](CC(C)C)NC(=O)c2ccc3ccccc3c2)C1)NC(=O)Cc1ccccc1. The lowest BCUT2D eigenvalue weighted by Crippen LogP contribution is -2.49. The van der Waals surface area contributed by atoms with Gasteiger partial charge in [-0.3, -0.25) is 24.1 Å². The van der Waals surface area contributed by atoms with Crippen molar-refractivity contribution in [2.45, 2.75) is 59.0 Å². The summed E-state index contributed by atoms with van der Waals surface area (Å²) in [6, 6.07) is 22.2. The highest BCUT2D eigenvalue weighted by molar-refractivity contribution is 6.00. The van der Waals surface area contributed by atoms with Crippen LogP contribution >= 0.6 is 0 Å². The molecule has 3 atom stereocenters. The largest absolute Gasteiger partial charge is 0.354 e. The van der Waals surface area contributed by atoms with Crippen LogP contribution < -0.4 is 16.0 Å². The molecule has 1 heterocycles. The molecule has 0 saturated carbocycles. The molecule has 0 bridgehead atoms. The second kappa shape index (κ2) is 15.6. The van der Waals surface area contributed by atoms with Crippen molar-refractivity contribution < 1.29 is 19.2 Å². The van der Waals surface area contributed by atoms with Crippen LogP contribution in [0.3, 0.4) is 0 Å². The van der Waals surface area contributed by atoms with Crippen LogP contribution in [0.4, 0.5) is 0 Å². The van der Waals surface area contributed by atoms with Crippen molar-refractivity contribution in [1.82, 2.24) is 20.9 Å². The summed E-state index contributed by atoms with van der Waals surface area (Å²) in [4.78, 5) is 54.2. The lowest BCUT2D eigenvalue weighted by atomic mass is 10.0. The monoisotopic (exact) mass is 598 g/mol. The minimum atomic E-state index is -0.711. The number of benzene rings is 3. The molecule has 0 aliphatic carbocycles. The van der Waals surface area contributed by atoms with E-state index < -0.39 is 6.04 Å². The summed E-state index contributed by atoms with van der Waals surface area (Å²) in [7, 11) is 0. The van der Waals surface area contributed by atoms with Gasteiger partial charge in [-0.1, -0.05) is 88.4 Å². The Kier molecular flexibility index (Phi) is 11.7. The standard InChI is InChI=1S/C36H46N4O4/c1-24(2)16-31(38-34(42)18-26-10-6-5-7-11-26)22-40-21-30(33(41)23-40)20-37-36(44)32(17-25(3)4)39-35(43)29-15-14-27-12-8-9-13-28(27)19-29/h5-15,19,24-25,30-32H,16-18,20-23H2,1-4H3,(H,37,44)(H,38,42)(H,39,43)/t30?,31-,32-/m0/s1. The zero-order chi connectivity index (χ0) is 31.6. The number of nitrogens with one attached hydrogen (secondary N) is 3. The van der Waals surface area contributed by atoms with Crippen molar-refractivity contribution in [2.75, 3.05) is 26.2 Å². The molecule has 8 nitrogen and oxygen atoms in total. The van der Waals surface area contributed by atoms with Gasteiger partial charge in [-0.2, -0.15) is 0 Å². The molecule has 1 aliphatic heterocycles. The fourth-order valence-corrected chi connectivity index (χ4v) is 5.89. The number of hydrogen-bond acceptors (Lipinski definition) is 5. The third kappa shape index (κ3) is 9.74. The molecule has 234 valence electrons. The van der Waals surface area contributed by atoms with Crippen LogP contribution in [-0.2, 0) is 20.8 Å². The van der Waals surface area contributed by atoms with Gasteiger partial charge in [-0.15, -0.1) is 0 Å². The first-order chi connectivity index (χ1) is 21.1. The van der Waals surface area contributed by atoms with Crippen LogP contribution in [0.25, 0.3) is 10.8 Å². The number of nitrogens with zero attached hydrogens (tertiary/aromatic N) is 1. The van der Waals surface area contributed by atoms with Crippen molar-refractivity contribution in [3.63, 3.8) is 0 Å². The number of rotatable bonds is 14. The Morgan fingerprint density at radius 1 is 0.841 bits per heavy atom. The molecule has 0 spiro atoms. The fourth-order valence-electron chi connectivity index (χ4n) is 5.89. The van der Waals surface area contributed by atoms with E-state index in [0.717, 1.165) is 22.8 Å². The average Bonchev–Trinajstić information content (AvgIpc) is 3.33. The Hall–Kier alpha value is -4.04. The minimum Gasteiger partial charge on any atom is -0.354 e. The van der Waals surface area contributed by atoms with Crippen molar-refractivity contribution in [2.24, 2.45) is 17.8 Å². The zero-order valence-electron chi connectivity index (χ0n) is 26.3. The number of Topliss-reactive ketones (excluding diaryl/α,β-unsaturated/α-hetero) is 1. The normalized spacial score (nSPS) is 16.7. The number of hydrogen-bond donors (Lipinski definition) is 3. The van der Waals surface area contributed by atoms with Crippen LogP contribution in [0.15, 0.2) is 72.8 Å². The highest BCUT2D eigenvalue weighted by Crippen LogP contribution is 2.18. The van der Waals surface area contributed by atoms with Gasteiger partial charge in [0.1, 0.15) is 6.04 Å². The predicted octanol–water partition coefficient (Wildman–Crippen LogP) is 4.38. The Bertz CT molecular complexity index is 1440. The topological polar surface area (TPSA) is 108 Å². The summed E-state index contributed by atoms with van der Waals surface area (Å²) in [5.41, 5.74) is 1.46. The van der Waals surface area contributed by atoms with Crippen LogP contribution in [0, 0.1) is 17.8 Å². The maximum absolute atomic E-state index is 13.3. The van der Waals surface area contributed by atoms with Crippen LogP contribution in [0.5, 0.6) is 0 Å². The van der Waals surface area contributed by atoms with E-state index in [0.29, 0.717) is 37.4 Å². The molecule has 1 fully saturated rings. The van der Waals surface area contributed by atoms with Crippen molar-refractivity contribution >= 4 is 34.3 Å². The van der Waals surface area contributed by atoms with E-state index in [9.17, 15) is 19.2 Å². The molecular weight excluding hydrogens is 552 g/mol. The third-order valence-electron chi connectivity index (χ3n) is 7.98. The maximum atomic E-state index is 13.3. The molecule has 3 aromatic rings. The predicted molar refractivity (Wildman–Crippen MR) is 174 cm³/mol. The number of amides is 3. The molecule has 0 radical (unpaired) electrons. The molecule has 3 aromatic carbocycles. The van der Waals surface area contributed by atoms with Crippen LogP contribution in [0.1, 0.15) is 56.5 Å². The highest BCUT2D eigenvalue weighted by Gasteiger charge is 2.33. The number of ketones is 1. The van der Waals surface area contributed by atoms with E-state index in [1.54, 1.807) is 6.07 Å². The smallest absolute Gasteiger partial charge is 0.251 e. The van der Waals surface area contributed by atoms with Gasteiger partial charge in [0.25, 0.3) is 5.91 Å². The molecule has 3 amide bonds. The van der Waals surface area contributed by atoms with E-state index >= 15 is 0 Å². The van der Waals surface area contributed by atoms with Gasteiger partial charge in [-0.05, 0) is 53.1 Å². The number of carbonyl (C=O) groups excluding carboxylic acids is 4. The van der Waals surface area contributed by atoms with E-state index in [1.165, 1.54) is 0 Å². The number of fused-ring (bicyclic) bond motifs is 1. The lowest BCUT2D eigenvalue weighted by molar-refractivity contribution is -0.124. The molecule has 1 unspecified atom stereocenters. The Morgan fingerprint density at radius 3 is 2.23 bits per heavy atom. The van der Waals surface area contributed by atoms with Gasteiger partial charge in [0.05, 0.1) is 13.0 Å².